The molecule has 0 N–H and O–H groups in total. The SMILES string of the molecule is CCCCCC(=O)c1ccc(CC(=O)N(C)c2ccc(Cl)c(COc3cccc4ccc(C)nc34)c2Cl)n1C. The van der Waals surface area contributed by atoms with Gasteiger partial charge in [-0.05, 0) is 49.7 Å². The Balaban J connectivity index is 1.50. The number of hydrogen-bond acceptors (Lipinski definition) is 4. The third-order valence-electron chi connectivity index (χ3n) is 6.95. The first kappa shape index (κ1) is 28.7. The zero-order valence-electron chi connectivity index (χ0n) is 22.8. The van der Waals surface area contributed by atoms with Crippen LogP contribution in [0.4, 0.5) is 5.69 Å². The number of fused-ring (bicyclic) bond motifs is 1. The average Bonchev–Trinajstić information content (AvgIpc) is 3.28. The Morgan fingerprint density at radius 2 is 1.82 bits per heavy atom. The Morgan fingerprint density at radius 3 is 2.59 bits per heavy atom. The number of carbonyl (C=O) groups is 2. The monoisotopic (exact) mass is 565 g/mol. The highest BCUT2D eigenvalue weighted by Gasteiger charge is 2.21. The number of halogens is 2. The number of nitrogens with zero attached hydrogens (tertiary/aromatic N) is 3. The number of likely N-dealkylation sites (N-methyl/N-ethyl adjacent to an activating group) is 1. The molecule has 0 bridgehead atoms. The van der Waals surface area contributed by atoms with Crippen molar-refractivity contribution in [2.24, 2.45) is 7.05 Å². The maximum absolute atomic E-state index is 13.3. The van der Waals surface area contributed by atoms with Crippen molar-refractivity contribution in [3.8, 4) is 5.75 Å². The van der Waals surface area contributed by atoms with Gasteiger partial charge in [0.25, 0.3) is 0 Å². The maximum Gasteiger partial charge on any atom is 0.232 e. The van der Waals surface area contributed by atoms with Crippen LogP contribution in [0, 0.1) is 6.92 Å². The number of ether oxygens (including phenoxy) is 1. The number of ketones is 1. The van der Waals surface area contributed by atoms with E-state index in [1.54, 1.807) is 25.2 Å². The van der Waals surface area contributed by atoms with E-state index in [1.807, 2.05) is 54.9 Å². The van der Waals surface area contributed by atoms with Crippen LogP contribution in [0.1, 0.15) is 60.0 Å². The number of rotatable bonds is 11. The second-order valence-corrected chi connectivity index (χ2v) is 10.5. The number of aromatic nitrogens is 2. The van der Waals surface area contributed by atoms with Gasteiger partial charge in [-0.3, -0.25) is 9.59 Å². The van der Waals surface area contributed by atoms with E-state index in [1.165, 1.54) is 4.90 Å². The van der Waals surface area contributed by atoms with E-state index in [-0.39, 0.29) is 24.7 Å². The fourth-order valence-corrected chi connectivity index (χ4v) is 5.15. The van der Waals surface area contributed by atoms with E-state index in [0.717, 1.165) is 41.6 Å². The predicted octanol–water partition coefficient (Wildman–Crippen LogP) is 7.74. The second kappa shape index (κ2) is 12.7. The minimum atomic E-state index is -0.161. The summed E-state index contributed by atoms with van der Waals surface area (Å²) in [6.45, 7) is 4.16. The summed E-state index contributed by atoms with van der Waals surface area (Å²) in [5, 5.41) is 1.77. The highest BCUT2D eigenvalue weighted by Crippen LogP contribution is 2.35. The van der Waals surface area contributed by atoms with E-state index >= 15 is 0 Å². The number of anilines is 1. The Bertz CT molecular complexity index is 1510. The molecule has 0 atom stereocenters. The van der Waals surface area contributed by atoms with Crippen LogP contribution in [-0.2, 0) is 24.9 Å². The molecule has 4 rings (SSSR count). The van der Waals surface area contributed by atoms with Gasteiger partial charge in [-0.1, -0.05) is 61.2 Å². The van der Waals surface area contributed by atoms with E-state index in [4.69, 9.17) is 27.9 Å². The molecular formula is C31H33Cl2N3O3. The van der Waals surface area contributed by atoms with Crippen molar-refractivity contribution in [3.63, 3.8) is 0 Å². The van der Waals surface area contributed by atoms with Gasteiger partial charge in [-0.25, -0.2) is 4.98 Å². The van der Waals surface area contributed by atoms with Gasteiger partial charge in [-0.15, -0.1) is 0 Å². The minimum Gasteiger partial charge on any atom is -0.487 e. The Hall–Kier alpha value is -3.35. The molecule has 8 heteroatoms. The van der Waals surface area contributed by atoms with Crippen LogP contribution in [0.25, 0.3) is 10.9 Å². The lowest BCUT2D eigenvalue weighted by Gasteiger charge is -2.21. The molecule has 4 aromatic rings. The minimum absolute atomic E-state index is 0.0972. The highest BCUT2D eigenvalue weighted by molar-refractivity contribution is 6.38. The quantitative estimate of drug-likeness (QED) is 0.138. The Kier molecular flexibility index (Phi) is 9.31. The average molecular weight is 567 g/mol. The number of pyridine rings is 1. The standard InChI is InChI=1S/C31H33Cl2N3O3/c1-5-6-7-10-27(37)25-16-14-22(35(25)3)18-29(38)36(4)26-17-15-24(32)23(30(26)33)19-39-28-11-8-9-21-13-12-20(2)34-31(21)28/h8-9,11-17H,5-7,10,18-19H2,1-4H3. The summed E-state index contributed by atoms with van der Waals surface area (Å²) < 4.78 is 7.93. The van der Waals surface area contributed by atoms with Crippen LogP contribution >= 0.6 is 23.2 Å². The molecule has 0 aliphatic rings. The molecule has 39 heavy (non-hydrogen) atoms. The molecule has 2 aromatic heterocycles. The maximum atomic E-state index is 13.3. The van der Waals surface area contributed by atoms with Gasteiger partial charge in [0, 0.05) is 47.9 Å². The summed E-state index contributed by atoms with van der Waals surface area (Å²) in [6, 6.07) is 16.8. The summed E-state index contributed by atoms with van der Waals surface area (Å²) in [5.41, 5.74) is 4.15. The first-order valence-electron chi connectivity index (χ1n) is 13.1. The van der Waals surface area contributed by atoms with Gasteiger partial charge < -0.3 is 14.2 Å². The molecule has 0 saturated carbocycles. The third kappa shape index (κ3) is 6.45. The van der Waals surface area contributed by atoms with Crippen LogP contribution < -0.4 is 9.64 Å². The fraction of sp³-hybridized carbons (Fsp3) is 0.323. The van der Waals surface area contributed by atoms with Crippen molar-refractivity contribution < 1.29 is 14.3 Å². The van der Waals surface area contributed by atoms with E-state index < -0.39 is 0 Å². The van der Waals surface area contributed by atoms with E-state index in [2.05, 4.69) is 11.9 Å². The number of benzene rings is 2. The van der Waals surface area contributed by atoms with Crippen molar-refractivity contribution >= 4 is 51.5 Å². The second-order valence-electron chi connectivity index (χ2n) is 9.71. The summed E-state index contributed by atoms with van der Waals surface area (Å²) in [7, 11) is 3.50. The smallest absolute Gasteiger partial charge is 0.232 e. The number of carbonyl (C=O) groups excluding carboxylic acids is 2. The van der Waals surface area contributed by atoms with Gasteiger partial charge in [0.05, 0.1) is 22.8 Å². The molecule has 0 unspecified atom stereocenters. The molecule has 1 amide bonds. The number of amides is 1. The van der Waals surface area contributed by atoms with E-state index in [0.29, 0.717) is 39.2 Å². The van der Waals surface area contributed by atoms with Crippen molar-refractivity contribution in [2.75, 3.05) is 11.9 Å². The van der Waals surface area contributed by atoms with Crippen molar-refractivity contribution in [1.82, 2.24) is 9.55 Å². The molecule has 204 valence electrons. The molecule has 0 fully saturated rings. The lowest BCUT2D eigenvalue weighted by atomic mass is 10.1. The largest absolute Gasteiger partial charge is 0.487 e. The van der Waals surface area contributed by atoms with Crippen LogP contribution in [0.15, 0.2) is 54.6 Å². The van der Waals surface area contributed by atoms with Gasteiger partial charge >= 0.3 is 0 Å². The molecule has 2 heterocycles. The Labute approximate surface area is 239 Å². The zero-order chi connectivity index (χ0) is 28.1. The summed E-state index contributed by atoms with van der Waals surface area (Å²) in [5.74, 6) is 0.563. The van der Waals surface area contributed by atoms with Gasteiger partial charge in [0.1, 0.15) is 17.9 Å². The molecule has 6 nitrogen and oxygen atoms in total. The summed E-state index contributed by atoms with van der Waals surface area (Å²) in [4.78, 5) is 32.0. The number of Topliss-reactive ketones (excluding diaryl/α,β-unsaturated/α-hetero) is 1. The number of unbranched alkanes of at least 4 members (excludes halogenated alkanes) is 2. The topological polar surface area (TPSA) is 64.4 Å². The third-order valence-corrected chi connectivity index (χ3v) is 7.72. The first-order valence-corrected chi connectivity index (χ1v) is 13.9. The molecule has 2 aromatic carbocycles. The summed E-state index contributed by atoms with van der Waals surface area (Å²) >= 11 is 13.3. The van der Waals surface area contributed by atoms with E-state index in [9.17, 15) is 9.59 Å². The highest BCUT2D eigenvalue weighted by atomic mass is 35.5. The van der Waals surface area contributed by atoms with Gasteiger partial charge in [0.15, 0.2) is 5.78 Å². The predicted molar refractivity (Wildman–Crippen MR) is 158 cm³/mol. The molecule has 0 spiro atoms. The van der Waals surface area contributed by atoms with Crippen molar-refractivity contribution in [2.45, 2.75) is 52.6 Å². The van der Waals surface area contributed by atoms with Crippen LogP contribution in [0.2, 0.25) is 10.0 Å². The molecule has 0 aliphatic carbocycles. The molecule has 0 radical (unpaired) electrons. The van der Waals surface area contributed by atoms with Crippen LogP contribution in [-0.4, -0.2) is 28.3 Å². The first-order chi connectivity index (χ1) is 18.7. The molecular weight excluding hydrogens is 533 g/mol. The van der Waals surface area contributed by atoms with Gasteiger partial charge in [-0.2, -0.15) is 0 Å². The van der Waals surface area contributed by atoms with Crippen LogP contribution in [0.3, 0.4) is 0 Å². The number of hydrogen-bond donors (Lipinski definition) is 0. The lowest BCUT2D eigenvalue weighted by Crippen LogP contribution is -2.29. The molecule has 0 aliphatic heterocycles. The number of aryl methyl sites for hydroxylation is 1. The van der Waals surface area contributed by atoms with Crippen molar-refractivity contribution in [3.05, 3.63) is 87.3 Å². The summed E-state index contributed by atoms with van der Waals surface area (Å²) in [6.07, 6.45) is 3.60. The van der Waals surface area contributed by atoms with Crippen LogP contribution in [0.5, 0.6) is 5.75 Å². The normalized spacial score (nSPS) is 11.1. The van der Waals surface area contributed by atoms with Gasteiger partial charge in [0.2, 0.25) is 5.91 Å². The fourth-order valence-electron chi connectivity index (χ4n) is 4.54. The number of para-hydroxylation sites is 1. The lowest BCUT2D eigenvalue weighted by molar-refractivity contribution is -0.117. The zero-order valence-corrected chi connectivity index (χ0v) is 24.3. The molecule has 0 saturated heterocycles. The Morgan fingerprint density at radius 1 is 1.03 bits per heavy atom. The van der Waals surface area contributed by atoms with Crippen molar-refractivity contribution in [1.29, 1.82) is 0 Å².